The SMILES string of the molecule is CC(=O)C1=C(C)NC(SCC(=O)Nc2cc(S(=O)(=O)N3CCOCC3)ccc2Cl)=C(C#N)[C@H]1c1ccco1. The van der Waals surface area contributed by atoms with E-state index in [4.69, 9.17) is 20.8 Å². The summed E-state index contributed by atoms with van der Waals surface area (Å²) in [6.45, 7) is 4.25. The molecule has 1 aromatic carbocycles. The molecule has 1 atom stereocenters. The Morgan fingerprint density at radius 2 is 2.03 bits per heavy atom. The van der Waals surface area contributed by atoms with Gasteiger partial charge in [0.15, 0.2) is 5.78 Å². The van der Waals surface area contributed by atoms with Gasteiger partial charge >= 0.3 is 0 Å². The number of allylic oxidation sites excluding steroid dienone is 3. The molecule has 13 heteroatoms. The van der Waals surface area contributed by atoms with Crippen molar-refractivity contribution in [1.82, 2.24) is 9.62 Å². The van der Waals surface area contributed by atoms with Gasteiger partial charge in [-0.3, -0.25) is 9.59 Å². The molecule has 1 fully saturated rings. The van der Waals surface area contributed by atoms with Gasteiger partial charge in [-0.15, -0.1) is 0 Å². The van der Waals surface area contributed by atoms with E-state index in [1.807, 2.05) is 0 Å². The van der Waals surface area contributed by atoms with Crippen LogP contribution in [0.5, 0.6) is 0 Å². The van der Waals surface area contributed by atoms with Gasteiger partial charge in [0.1, 0.15) is 5.76 Å². The number of amides is 1. The highest BCUT2D eigenvalue weighted by atomic mass is 35.5. The molecule has 1 saturated heterocycles. The molecule has 0 saturated carbocycles. The van der Waals surface area contributed by atoms with Crippen molar-refractivity contribution in [1.29, 1.82) is 5.26 Å². The third-order valence-electron chi connectivity index (χ3n) is 6.02. The number of Topliss-reactive ketones (excluding diaryl/α,β-unsaturated/α-hetero) is 1. The van der Waals surface area contributed by atoms with Crippen LogP contribution in [0.1, 0.15) is 25.5 Å². The Hall–Kier alpha value is -3.08. The summed E-state index contributed by atoms with van der Waals surface area (Å²) in [5.41, 5.74) is 1.38. The summed E-state index contributed by atoms with van der Waals surface area (Å²) in [7, 11) is -3.78. The number of furan rings is 1. The number of sulfonamides is 1. The molecule has 2 aromatic rings. The number of thioether (sulfide) groups is 1. The van der Waals surface area contributed by atoms with Gasteiger partial charge in [-0.05, 0) is 44.2 Å². The number of nitrogens with zero attached hydrogens (tertiary/aromatic N) is 2. The average molecular weight is 577 g/mol. The first-order valence-electron chi connectivity index (χ1n) is 11.6. The normalized spacial score (nSPS) is 18.6. The van der Waals surface area contributed by atoms with Crippen molar-refractivity contribution >= 4 is 50.8 Å². The van der Waals surface area contributed by atoms with Crippen LogP contribution in [-0.4, -0.2) is 56.5 Å². The van der Waals surface area contributed by atoms with Gasteiger partial charge in [0.25, 0.3) is 0 Å². The monoisotopic (exact) mass is 576 g/mol. The lowest BCUT2D eigenvalue weighted by Crippen LogP contribution is -2.40. The van der Waals surface area contributed by atoms with Gasteiger partial charge in [0.05, 0.1) is 63.4 Å². The molecule has 1 aromatic heterocycles. The zero-order valence-corrected chi connectivity index (χ0v) is 23.0. The minimum absolute atomic E-state index is 0.00832. The van der Waals surface area contributed by atoms with Crippen molar-refractivity contribution in [3.05, 3.63) is 69.3 Å². The number of carbonyl (C=O) groups excluding carboxylic acids is 2. The molecular weight excluding hydrogens is 552 g/mol. The summed E-state index contributed by atoms with van der Waals surface area (Å²) in [6, 6.07) is 9.66. The molecule has 4 rings (SSSR count). The number of nitriles is 1. The number of carbonyl (C=O) groups is 2. The van der Waals surface area contributed by atoms with E-state index in [1.54, 1.807) is 19.1 Å². The first kappa shape index (κ1) is 27.9. The standard InChI is InChI=1S/C25H25ClN4O6S2/c1-15-23(16(2)31)24(21-4-3-9-36-21)18(13-27)25(28-15)37-14-22(32)29-20-12-17(5-6-19(20)26)38(33,34)30-7-10-35-11-8-30/h3-6,9,12,24,28H,7-8,10-11,14H2,1-2H3,(H,29,32)/t24-/m0/s1. The highest BCUT2D eigenvalue weighted by Gasteiger charge is 2.35. The Balaban J connectivity index is 1.52. The van der Waals surface area contributed by atoms with Crippen LogP contribution in [0.15, 0.2) is 67.8 Å². The molecule has 200 valence electrons. The zero-order chi connectivity index (χ0) is 27.4. The topological polar surface area (TPSA) is 142 Å². The zero-order valence-electron chi connectivity index (χ0n) is 20.6. The van der Waals surface area contributed by atoms with Crippen LogP contribution in [0.2, 0.25) is 5.02 Å². The Labute approximate surface area is 229 Å². The van der Waals surface area contributed by atoms with Crippen LogP contribution in [-0.2, 0) is 24.3 Å². The van der Waals surface area contributed by atoms with E-state index in [9.17, 15) is 23.3 Å². The molecule has 0 unspecified atom stereocenters. The van der Waals surface area contributed by atoms with Gasteiger partial charge in [-0.25, -0.2) is 8.42 Å². The fourth-order valence-electron chi connectivity index (χ4n) is 4.25. The van der Waals surface area contributed by atoms with Crippen LogP contribution in [0, 0.1) is 11.3 Å². The molecule has 0 aliphatic carbocycles. The number of benzene rings is 1. The number of rotatable bonds is 8. The van der Waals surface area contributed by atoms with Crippen LogP contribution < -0.4 is 10.6 Å². The number of ketones is 1. The van der Waals surface area contributed by atoms with Crippen molar-refractivity contribution < 1.29 is 27.2 Å². The Morgan fingerprint density at radius 3 is 2.66 bits per heavy atom. The molecule has 0 bridgehead atoms. The summed E-state index contributed by atoms with van der Waals surface area (Å²) < 4.78 is 38.1. The van der Waals surface area contributed by atoms with Crippen LogP contribution >= 0.6 is 23.4 Å². The van der Waals surface area contributed by atoms with Crippen LogP contribution in [0.3, 0.4) is 0 Å². The van der Waals surface area contributed by atoms with Crippen LogP contribution in [0.25, 0.3) is 0 Å². The minimum Gasteiger partial charge on any atom is -0.468 e. The third kappa shape index (κ3) is 5.82. The number of anilines is 1. The summed E-state index contributed by atoms with van der Waals surface area (Å²) in [5, 5.41) is 16.3. The largest absolute Gasteiger partial charge is 0.468 e. The second kappa shape index (κ2) is 11.8. The molecule has 0 radical (unpaired) electrons. The van der Waals surface area contributed by atoms with E-state index in [2.05, 4.69) is 16.7 Å². The molecule has 3 heterocycles. The van der Waals surface area contributed by atoms with Gasteiger partial charge in [-0.2, -0.15) is 9.57 Å². The third-order valence-corrected chi connectivity index (χ3v) is 9.26. The first-order chi connectivity index (χ1) is 18.1. The highest BCUT2D eigenvalue weighted by Crippen LogP contribution is 2.41. The number of hydrogen-bond donors (Lipinski definition) is 2. The fraction of sp³-hybridized carbons (Fsp3) is 0.320. The predicted octanol–water partition coefficient (Wildman–Crippen LogP) is 3.61. The number of dihydropyridines is 1. The Bertz CT molecular complexity index is 1450. The minimum atomic E-state index is -3.78. The number of nitrogens with one attached hydrogen (secondary N) is 2. The summed E-state index contributed by atoms with van der Waals surface area (Å²) in [6.07, 6.45) is 1.47. The lowest BCUT2D eigenvalue weighted by molar-refractivity contribution is -0.114. The summed E-state index contributed by atoms with van der Waals surface area (Å²) >= 11 is 7.33. The maximum absolute atomic E-state index is 13.0. The van der Waals surface area contributed by atoms with E-state index in [-0.39, 0.29) is 45.8 Å². The quantitative estimate of drug-likeness (QED) is 0.482. The fourth-order valence-corrected chi connectivity index (χ4v) is 6.75. The van der Waals surface area contributed by atoms with E-state index < -0.39 is 21.8 Å². The highest BCUT2D eigenvalue weighted by molar-refractivity contribution is 8.03. The maximum Gasteiger partial charge on any atom is 0.243 e. The van der Waals surface area contributed by atoms with Crippen molar-refractivity contribution in [2.75, 3.05) is 37.4 Å². The molecule has 2 aliphatic rings. The second-order valence-electron chi connectivity index (χ2n) is 8.52. The lowest BCUT2D eigenvalue weighted by atomic mass is 9.84. The molecule has 10 nitrogen and oxygen atoms in total. The first-order valence-corrected chi connectivity index (χ1v) is 14.4. The summed E-state index contributed by atoms with van der Waals surface area (Å²) in [4.78, 5) is 25.2. The van der Waals surface area contributed by atoms with E-state index in [0.717, 1.165) is 11.8 Å². The van der Waals surface area contributed by atoms with Gasteiger partial charge in [0, 0.05) is 24.4 Å². The van der Waals surface area contributed by atoms with Gasteiger partial charge in [0.2, 0.25) is 15.9 Å². The maximum atomic E-state index is 13.0. The molecule has 2 aliphatic heterocycles. The van der Waals surface area contributed by atoms with Crippen molar-refractivity contribution in [3.63, 3.8) is 0 Å². The Morgan fingerprint density at radius 1 is 1.29 bits per heavy atom. The molecule has 38 heavy (non-hydrogen) atoms. The number of hydrogen-bond acceptors (Lipinski definition) is 9. The van der Waals surface area contributed by atoms with Crippen LogP contribution in [0.4, 0.5) is 5.69 Å². The van der Waals surface area contributed by atoms with E-state index >= 15 is 0 Å². The van der Waals surface area contributed by atoms with Gasteiger partial charge < -0.3 is 19.8 Å². The molecule has 0 spiro atoms. The van der Waals surface area contributed by atoms with Crippen molar-refractivity contribution in [3.8, 4) is 6.07 Å². The second-order valence-corrected chi connectivity index (χ2v) is 11.8. The predicted molar refractivity (Wildman–Crippen MR) is 143 cm³/mol. The number of ether oxygens (including phenoxy) is 1. The lowest BCUT2D eigenvalue weighted by Gasteiger charge is -2.27. The molecule has 2 N–H and O–H groups in total. The number of halogens is 1. The van der Waals surface area contributed by atoms with Crippen molar-refractivity contribution in [2.45, 2.75) is 24.7 Å². The summed E-state index contributed by atoms with van der Waals surface area (Å²) in [5.74, 6) is -1.03. The molecular formula is C25H25ClN4O6S2. The Kier molecular flexibility index (Phi) is 8.64. The van der Waals surface area contributed by atoms with Gasteiger partial charge in [-0.1, -0.05) is 23.4 Å². The number of morpholine rings is 1. The smallest absolute Gasteiger partial charge is 0.243 e. The van der Waals surface area contributed by atoms with E-state index in [0.29, 0.717) is 35.3 Å². The molecule has 1 amide bonds. The van der Waals surface area contributed by atoms with Crippen molar-refractivity contribution in [2.24, 2.45) is 0 Å². The van der Waals surface area contributed by atoms with E-state index in [1.165, 1.54) is 35.7 Å². The average Bonchev–Trinajstić information content (AvgIpc) is 3.43.